The molecule has 0 amide bonds. The van der Waals surface area contributed by atoms with Crippen LogP contribution in [-0.2, 0) is 19.4 Å². The molecule has 0 aromatic carbocycles. The van der Waals surface area contributed by atoms with E-state index in [0.717, 1.165) is 12.8 Å². The maximum absolute atomic E-state index is 10.4. The molecular formula is C8H14O6. The van der Waals surface area contributed by atoms with Crippen LogP contribution >= 0.6 is 0 Å². The Morgan fingerprint density at radius 1 is 1.36 bits per heavy atom. The molecule has 0 aliphatic rings. The van der Waals surface area contributed by atoms with Crippen LogP contribution < -0.4 is 0 Å². The highest BCUT2D eigenvalue weighted by Gasteiger charge is 2.22. The molecule has 0 aliphatic carbocycles. The number of aliphatic carboxylic acids is 2. The molecule has 0 aliphatic heterocycles. The van der Waals surface area contributed by atoms with Crippen LogP contribution in [0.1, 0.15) is 26.2 Å². The fraction of sp³-hybridized carbons (Fsp3) is 0.750. The Bertz CT molecular complexity index is 190. The van der Waals surface area contributed by atoms with E-state index in [0.29, 0.717) is 0 Å². The van der Waals surface area contributed by atoms with E-state index in [9.17, 15) is 9.59 Å². The summed E-state index contributed by atoms with van der Waals surface area (Å²) in [6.45, 7) is 2.20. The predicted molar refractivity (Wildman–Crippen MR) is 45.6 cm³/mol. The number of carboxylic acid groups (broad SMARTS) is 2. The molecule has 0 fully saturated rings. The van der Waals surface area contributed by atoms with Crippen molar-refractivity contribution >= 4 is 11.9 Å². The summed E-state index contributed by atoms with van der Waals surface area (Å²) in [6, 6.07) is 0. The molecule has 6 nitrogen and oxygen atoms in total. The van der Waals surface area contributed by atoms with Gasteiger partial charge in [-0.1, -0.05) is 13.3 Å². The molecule has 0 saturated heterocycles. The normalized spacial score (nSPS) is 12.4. The minimum Gasteiger partial charge on any atom is -0.481 e. The second-order valence-corrected chi connectivity index (χ2v) is 2.70. The second kappa shape index (κ2) is 7.28. The SMILES string of the molecule is CCCCOOC(CC(=O)O)C(=O)O. The highest BCUT2D eigenvalue weighted by atomic mass is 17.2. The third-order valence-corrected chi connectivity index (χ3v) is 1.40. The van der Waals surface area contributed by atoms with Crippen molar-refractivity contribution in [2.45, 2.75) is 32.3 Å². The standard InChI is InChI=1S/C8H14O6/c1-2-3-4-13-14-6(8(11)12)5-7(9)10/h6H,2-5H2,1H3,(H,9,10)(H,11,12). The number of carbonyl (C=O) groups is 2. The van der Waals surface area contributed by atoms with Gasteiger partial charge in [0.2, 0.25) is 0 Å². The van der Waals surface area contributed by atoms with Gasteiger partial charge in [-0.25, -0.2) is 14.6 Å². The number of carboxylic acids is 2. The summed E-state index contributed by atoms with van der Waals surface area (Å²) in [7, 11) is 0. The van der Waals surface area contributed by atoms with Crippen LogP contribution in [0.25, 0.3) is 0 Å². The zero-order chi connectivity index (χ0) is 11.0. The Hall–Kier alpha value is -1.14. The average molecular weight is 206 g/mol. The number of unbranched alkanes of at least 4 members (excludes halogenated alkanes) is 1. The summed E-state index contributed by atoms with van der Waals surface area (Å²) < 4.78 is 0. The Labute approximate surface area is 81.4 Å². The van der Waals surface area contributed by atoms with Crippen LogP contribution in [0.2, 0.25) is 0 Å². The van der Waals surface area contributed by atoms with Gasteiger partial charge in [-0.05, 0) is 6.42 Å². The van der Waals surface area contributed by atoms with E-state index in [1.165, 1.54) is 0 Å². The smallest absolute Gasteiger partial charge is 0.336 e. The summed E-state index contributed by atoms with van der Waals surface area (Å²) in [5.74, 6) is -2.58. The lowest BCUT2D eigenvalue weighted by Gasteiger charge is -2.09. The molecule has 0 aromatic rings. The van der Waals surface area contributed by atoms with Crippen molar-refractivity contribution in [1.29, 1.82) is 0 Å². The number of rotatable bonds is 8. The van der Waals surface area contributed by atoms with Crippen LogP contribution in [0.3, 0.4) is 0 Å². The molecule has 6 heteroatoms. The largest absolute Gasteiger partial charge is 0.481 e. The van der Waals surface area contributed by atoms with Crippen molar-refractivity contribution in [3.05, 3.63) is 0 Å². The summed E-state index contributed by atoms with van der Waals surface area (Å²) in [6.07, 6.45) is -0.426. The monoisotopic (exact) mass is 206 g/mol. The Morgan fingerprint density at radius 2 is 2.00 bits per heavy atom. The molecule has 1 atom stereocenters. The fourth-order valence-electron chi connectivity index (χ4n) is 0.655. The van der Waals surface area contributed by atoms with Crippen molar-refractivity contribution in [2.75, 3.05) is 6.61 Å². The van der Waals surface area contributed by atoms with E-state index < -0.39 is 24.5 Å². The topological polar surface area (TPSA) is 93.1 Å². The van der Waals surface area contributed by atoms with E-state index in [4.69, 9.17) is 10.2 Å². The van der Waals surface area contributed by atoms with E-state index in [2.05, 4.69) is 9.78 Å². The molecule has 0 radical (unpaired) electrons. The van der Waals surface area contributed by atoms with Gasteiger partial charge in [-0.2, -0.15) is 0 Å². The molecule has 2 N–H and O–H groups in total. The van der Waals surface area contributed by atoms with Gasteiger partial charge in [0.1, 0.15) is 0 Å². The van der Waals surface area contributed by atoms with Gasteiger partial charge in [-0.3, -0.25) is 4.79 Å². The molecule has 0 rings (SSSR count). The summed E-state index contributed by atoms with van der Waals surface area (Å²) in [4.78, 5) is 29.6. The van der Waals surface area contributed by atoms with Crippen molar-refractivity contribution < 1.29 is 29.6 Å². The maximum Gasteiger partial charge on any atom is 0.336 e. The van der Waals surface area contributed by atoms with Crippen molar-refractivity contribution in [2.24, 2.45) is 0 Å². The molecule has 0 spiro atoms. The maximum atomic E-state index is 10.4. The van der Waals surface area contributed by atoms with Gasteiger partial charge in [0.25, 0.3) is 0 Å². The molecular weight excluding hydrogens is 192 g/mol. The van der Waals surface area contributed by atoms with E-state index in [-0.39, 0.29) is 6.61 Å². The lowest BCUT2D eigenvalue weighted by molar-refractivity contribution is -0.320. The molecule has 0 bridgehead atoms. The number of hydrogen-bond acceptors (Lipinski definition) is 4. The Kier molecular flexibility index (Phi) is 6.69. The van der Waals surface area contributed by atoms with Gasteiger partial charge < -0.3 is 10.2 Å². The van der Waals surface area contributed by atoms with Crippen LogP contribution in [0, 0.1) is 0 Å². The first-order chi connectivity index (χ1) is 6.57. The zero-order valence-electron chi connectivity index (χ0n) is 7.93. The first kappa shape index (κ1) is 12.9. The zero-order valence-corrected chi connectivity index (χ0v) is 7.93. The lowest BCUT2D eigenvalue weighted by Crippen LogP contribution is -2.27. The molecule has 14 heavy (non-hydrogen) atoms. The third kappa shape index (κ3) is 6.38. The molecule has 1 unspecified atom stereocenters. The highest BCUT2D eigenvalue weighted by molar-refractivity contribution is 5.79. The highest BCUT2D eigenvalue weighted by Crippen LogP contribution is 2.01. The van der Waals surface area contributed by atoms with Crippen LogP contribution in [0.5, 0.6) is 0 Å². The average Bonchev–Trinajstić information content (AvgIpc) is 2.09. The predicted octanol–water partition coefficient (Wildman–Crippen LogP) is 0.663. The summed E-state index contributed by atoms with van der Waals surface area (Å²) >= 11 is 0. The van der Waals surface area contributed by atoms with Crippen molar-refractivity contribution in [3.8, 4) is 0 Å². The molecule has 0 heterocycles. The summed E-state index contributed by atoms with van der Waals surface area (Å²) in [5.41, 5.74) is 0. The quantitative estimate of drug-likeness (QED) is 0.344. The van der Waals surface area contributed by atoms with E-state index in [1.807, 2.05) is 6.92 Å². The van der Waals surface area contributed by atoms with Crippen LogP contribution in [0.15, 0.2) is 0 Å². The van der Waals surface area contributed by atoms with Crippen molar-refractivity contribution in [3.63, 3.8) is 0 Å². The molecule has 0 aromatic heterocycles. The Morgan fingerprint density at radius 3 is 2.43 bits per heavy atom. The first-order valence-electron chi connectivity index (χ1n) is 4.30. The van der Waals surface area contributed by atoms with Crippen LogP contribution in [0.4, 0.5) is 0 Å². The lowest BCUT2D eigenvalue weighted by atomic mass is 10.3. The first-order valence-corrected chi connectivity index (χ1v) is 4.30. The van der Waals surface area contributed by atoms with Gasteiger partial charge >= 0.3 is 11.9 Å². The van der Waals surface area contributed by atoms with Crippen molar-refractivity contribution in [1.82, 2.24) is 0 Å². The van der Waals surface area contributed by atoms with Gasteiger partial charge in [0.05, 0.1) is 13.0 Å². The van der Waals surface area contributed by atoms with E-state index >= 15 is 0 Å². The molecule has 0 saturated carbocycles. The van der Waals surface area contributed by atoms with Gasteiger partial charge in [0, 0.05) is 0 Å². The minimum atomic E-state index is -1.44. The minimum absolute atomic E-state index is 0.264. The Balaban J connectivity index is 3.74. The summed E-state index contributed by atoms with van der Waals surface area (Å²) in [5, 5.41) is 16.8. The van der Waals surface area contributed by atoms with Crippen LogP contribution in [-0.4, -0.2) is 34.9 Å². The third-order valence-electron chi connectivity index (χ3n) is 1.40. The molecule has 82 valence electrons. The van der Waals surface area contributed by atoms with Gasteiger partial charge in [0.15, 0.2) is 6.10 Å². The van der Waals surface area contributed by atoms with Gasteiger partial charge in [-0.15, -0.1) is 0 Å². The second-order valence-electron chi connectivity index (χ2n) is 2.70. The number of hydrogen-bond donors (Lipinski definition) is 2. The fourth-order valence-corrected chi connectivity index (χ4v) is 0.655. The van der Waals surface area contributed by atoms with E-state index in [1.54, 1.807) is 0 Å².